The highest BCUT2D eigenvalue weighted by molar-refractivity contribution is 5.70. The predicted molar refractivity (Wildman–Crippen MR) is 86.7 cm³/mol. The van der Waals surface area contributed by atoms with Gasteiger partial charge in [-0.2, -0.15) is 0 Å². The summed E-state index contributed by atoms with van der Waals surface area (Å²) in [5, 5.41) is 0. The summed E-state index contributed by atoms with van der Waals surface area (Å²) in [7, 11) is 0. The molecule has 0 N–H and O–H groups in total. The Labute approximate surface area is 134 Å². The van der Waals surface area contributed by atoms with Crippen LogP contribution in [0.25, 0.3) is 0 Å². The maximum Gasteiger partial charge on any atom is 0.307 e. The molecule has 0 bridgehead atoms. The molecule has 0 aliphatic rings. The molecular formula is C16H32N2O4. The molecule has 6 nitrogen and oxygen atoms in total. The van der Waals surface area contributed by atoms with Crippen LogP contribution in [0.5, 0.6) is 0 Å². The third-order valence-electron chi connectivity index (χ3n) is 3.50. The molecule has 0 spiro atoms. The van der Waals surface area contributed by atoms with E-state index in [0.29, 0.717) is 39.1 Å². The second-order valence-electron chi connectivity index (χ2n) is 4.98. The summed E-state index contributed by atoms with van der Waals surface area (Å²) >= 11 is 0. The maximum atomic E-state index is 11.5. The first-order chi connectivity index (χ1) is 10.6. The van der Waals surface area contributed by atoms with Gasteiger partial charge in [0.1, 0.15) is 0 Å². The molecule has 0 aliphatic carbocycles. The molecule has 22 heavy (non-hydrogen) atoms. The average molecular weight is 316 g/mol. The summed E-state index contributed by atoms with van der Waals surface area (Å²) in [4.78, 5) is 27.4. The topological polar surface area (TPSA) is 59.1 Å². The molecule has 0 saturated carbocycles. The molecule has 0 aromatic heterocycles. The van der Waals surface area contributed by atoms with Gasteiger partial charge < -0.3 is 19.3 Å². The van der Waals surface area contributed by atoms with Crippen molar-refractivity contribution in [3.05, 3.63) is 0 Å². The van der Waals surface area contributed by atoms with Crippen LogP contribution in [-0.2, 0) is 19.1 Å². The third kappa shape index (κ3) is 10.6. The van der Waals surface area contributed by atoms with Gasteiger partial charge in [-0.25, -0.2) is 0 Å². The van der Waals surface area contributed by atoms with Crippen LogP contribution in [0, 0.1) is 0 Å². The zero-order valence-corrected chi connectivity index (χ0v) is 14.6. The van der Waals surface area contributed by atoms with Crippen LogP contribution in [0.4, 0.5) is 0 Å². The fourth-order valence-electron chi connectivity index (χ4n) is 2.12. The lowest BCUT2D eigenvalue weighted by Crippen LogP contribution is -2.37. The zero-order chi connectivity index (χ0) is 16.8. The lowest BCUT2D eigenvalue weighted by Gasteiger charge is -2.25. The number of hydrogen-bond donors (Lipinski definition) is 0. The molecule has 0 heterocycles. The molecular weight excluding hydrogens is 284 g/mol. The van der Waals surface area contributed by atoms with Gasteiger partial charge in [0, 0.05) is 26.2 Å². The number of hydrogen-bond acceptors (Lipinski definition) is 6. The van der Waals surface area contributed by atoms with Gasteiger partial charge in [-0.05, 0) is 26.9 Å². The van der Waals surface area contributed by atoms with Gasteiger partial charge in [-0.3, -0.25) is 9.59 Å². The van der Waals surface area contributed by atoms with Crippen molar-refractivity contribution in [2.75, 3.05) is 52.5 Å². The van der Waals surface area contributed by atoms with Crippen molar-refractivity contribution in [1.29, 1.82) is 0 Å². The van der Waals surface area contributed by atoms with Gasteiger partial charge in [0.25, 0.3) is 0 Å². The summed E-state index contributed by atoms with van der Waals surface area (Å²) < 4.78 is 9.91. The summed E-state index contributed by atoms with van der Waals surface area (Å²) in [6.45, 7) is 13.7. The number of nitrogens with zero attached hydrogens (tertiary/aromatic N) is 2. The van der Waals surface area contributed by atoms with E-state index in [2.05, 4.69) is 23.6 Å². The third-order valence-corrected chi connectivity index (χ3v) is 3.50. The molecule has 0 aliphatic heterocycles. The van der Waals surface area contributed by atoms with Crippen molar-refractivity contribution in [3.8, 4) is 0 Å². The standard InChI is InChI=1S/C16H32N2O4/c1-5-17(6-2)13-14-18(11-9-15(19)21-7-3)12-10-16(20)22-8-4/h5-14H2,1-4H3. The van der Waals surface area contributed by atoms with E-state index < -0.39 is 0 Å². The van der Waals surface area contributed by atoms with Crippen molar-refractivity contribution in [1.82, 2.24) is 9.80 Å². The Morgan fingerprint density at radius 3 is 1.45 bits per heavy atom. The Kier molecular flexibility index (Phi) is 12.8. The molecule has 0 aromatic rings. The second-order valence-corrected chi connectivity index (χ2v) is 4.98. The summed E-state index contributed by atoms with van der Waals surface area (Å²) in [5.74, 6) is -0.377. The van der Waals surface area contributed by atoms with E-state index in [9.17, 15) is 9.59 Å². The number of rotatable bonds is 13. The molecule has 130 valence electrons. The lowest BCUT2D eigenvalue weighted by molar-refractivity contribution is -0.143. The predicted octanol–water partition coefficient (Wildman–Crippen LogP) is 1.54. The molecule has 0 fully saturated rings. The van der Waals surface area contributed by atoms with E-state index in [1.807, 2.05) is 0 Å². The van der Waals surface area contributed by atoms with Gasteiger partial charge in [0.2, 0.25) is 0 Å². The highest BCUT2D eigenvalue weighted by Crippen LogP contribution is 2.00. The first kappa shape index (κ1) is 20.9. The van der Waals surface area contributed by atoms with Gasteiger partial charge >= 0.3 is 11.9 Å². The Bertz CT molecular complexity index is 285. The van der Waals surface area contributed by atoms with E-state index in [0.717, 1.165) is 26.2 Å². The Morgan fingerprint density at radius 1 is 0.682 bits per heavy atom. The van der Waals surface area contributed by atoms with Crippen molar-refractivity contribution in [2.45, 2.75) is 40.5 Å². The van der Waals surface area contributed by atoms with E-state index >= 15 is 0 Å². The van der Waals surface area contributed by atoms with Crippen molar-refractivity contribution >= 4 is 11.9 Å². The lowest BCUT2D eigenvalue weighted by atomic mass is 10.3. The van der Waals surface area contributed by atoms with Crippen LogP contribution < -0.4 is 0 Å². The molecule has 0 radical (unpaired) electrons. The fourth-order valence-corrected chi connectivity index (χ4v) is 2.12. The van der Waals surface area contributed by atoms with Gasteiger partial charge in [0.15, 0.2) is 0 Å². The van der Waals surface area contributed by atoms with Crippen LogP contribution in [-0.4, -0.2) is 74.2 Å². The normalized spacial score (nSPS) is 11.0. The molecule has 6 heteroatoms. The summed E-state index contributed by atoms with van der Waals surface area (Å²) in [6, 6.07) is 0. The molecule has 0 atom stereocenters. The first-order valence-corrected chi connectivity index (χ1v) is 8.33. The Morgan fingerprint density at radius 2 is 1.09 bits per heavy atom. The van der Waals surface area contributed by atoms with Crippen LogP contribution in [0.1, 0.15) is 40.5 Å². The Hall–Kier alpha value is -1.14. The number of carbonyl (C=O) groups excluding carboxylic acids is 2. The van der Waals surface area contributed by atoms with E-state index in [1.165, 1.54) is 0 Å². The van der Waals surface area contributed by atoms with Crippen molar-refractivity contribution in [3.63, 3.8) is 0 Å². The van der Waals surface area contributed by atoms with Gasteiger partial charge in [0.05, 0.1) is 26.1 Å². The minimum absolute atomic E-state index is 0.188. The van der Waals surface area contributed by atoms with Gasteiger partial charge in [-0.15, -0.1) is 0 Å². The minimum atomic E-state index is -0.188. The van der Waals surface area contributed by atoms with Gasteiger partial charge in [-0.1, -0.05) is 13.8 Å². The van der Waals surface area contributed by atoms with E-state index in [4.69, 9.17) is 9.47 Å². The number of ether oxygens (including phenoxy) is 2. The highest BCUT2D eigenvalue weighted by Gasteiger charge is 2.12. The van der Waals surface area contributed by atoms with E-state index in [-0.39, 0.29) is 11.9 Å². The molecule has 0 rings (SSSR count). The SMILES string of the molecule is CCOC(=O)CCN(CCC(=O)OCC)CCN(CC)CC. The monoisotopic (exact) mass is 316 g/mol. The van der Waals surface area contributed by atoms with Crippen LogP contribution in [0.2, 0.25) is 0 Å². The largest absolute Gasteiger partial charge is 0.466 e. The molecule has 0 unspecified atom stereocenters. The average Bonchev–Trinajstić information content (AvgIpc) is 2.50. The van der Waals surface area contributed by atoms with Crippen LogP contribution in [0.15, 0.2) is 0 Å². The molecule has 0 aromatic carbocycles. The first-order valence-electron chi connectivity index (χ1n) is 8.33. The smallest absolute Gasteiger partial charge is 0.307 e. The highest BCUT2D eigenvalue weighted by atomic mass is 16.5. The Balaban J connectivity index is 4.29. The van der Waals surface area contributed by atoms with Crippen molar-refractivity contribution < 1.29 is 19.1 Å². The fraction of sp³-hybridized carbons (Fsp3) is 0.875. The zero-order valence-electron chi connectivity index (χ0n) is 14.6. The molecule has 0 amide bonds. The molecule has 0 saturated heterocycles. The summed E-state index contributed by atoms with van der Waals surface area (Å²) in [5.41, 5.74) is 0. The second kappa shape index (κ2) is 13.5. The van der Waals surface area contributed by atoms with Crippen molar-refractivity contribution in [2.24, 2.45) is 0 Å². The minimum Gasteiger partial charge on any atom is -0.466 e. The van der Waals surface area contributed by atoms with Crippen LogP contribution >= 0.6 is 0 Å². The van der Waals surface area contributed by atoms with Crippen LogP contribution in [0.3, 0.4) is 0 Å². The maximum absolute atomic E-state index is 11.5. The number of esters is 2. The number of likely N-dealkylation sites (N-methyl/N-ethyl adjacent to an activating group) is 1. The number of carbonyl (C=O) groups is 2. The summed E-state index contributed by atoms with van der Waals surface area (Å²) in [6.07, 6.45) is 0.712. The van der Waals surface area contributed by atoms with E-state index in [1.54, 1.807) is 13.8 Å². The quantitative estimate of drug-likeness (QED) is 0.480.